The molecule has 0 aliphatic carbocycles. The van der Waals surface area contributed by atoms with E-state index in [9.17, 15) is 4.39 Å². The Morgan fingerprint density at radius 3 is 2.63 bits per heavy atom. The predicted octanol–water partition coefficient (Wildman–Crippen LogP) is 3.49. The lowest BCUT2D eigenvalue weighted by Crippen LogP contribution is -2.45. The number of halogens is 3. The zero-order valence-electron chi connectivity index (χ0n) is 11.2. The van der Waals surface area contributed by atoms with Crippen molar-refractivity contribution in [2.45, 2.75) is 19.4 Å². The summed E-state index contributed by atoms with van der Waals surface area (Å²) in [6, 6.07) is 6.53. The Kier molecular flexibility index (Phi) is 7.29. The molecule has 19 heavy (non-hydrogen) atoms. The van der Waals surface area contributed by atoms with E-state index in [2.05, 4.69) is 51.3 Å². The number of hydrogen-bond donors (Lipinski definition) is 1. The average molecular weight is 352 g/mol. The third-order valence-corrected chi connectivity index (χ3v) is 4.18. The summed E-state index contributed by atoms with van der Waals surface area (Å²) in [5.74, 6) is 0. The van der Waals surface area contributed by atoms with E-state index in [4.69, 9.17) is 0 Å². The second kappa shape index (κ2) is 8.20. The smallest absolute Gasteiger partial charge is 0.0912 e. The molecule has 5 heteroatoms. The van der Waals surface area contributed by atoms with Crippen LogP contribution in [-0.4, -0.2) is 37.8 Å². The molecule has 108 valence electrons. The van der Waals surface area contributed by atoms with E-state index >= 15 is 0 Å². The molecule has 0 bridgehead atoms. The van der Waals surface area contributed by atoms with Gasteiger partial charge in [-0.15, -0.1) is 12.4 Å². The highest BCUT2D eigenvalue weighted by Gasteiger charge is 2.23. The minimum atomic E-state index is -0.269. The molecule has 0 unspecified atom stereocenters. The maximum Gasteiger partial charge on any atom is 0.0912 e. The van der Waals surface area contributed by atoms with Crippen LogP contribution in [0.3, 0.4) is 0 Å². The van der Waals surface area contributed by atoms with E-state index in [1.807, 2.05) is 0 Å². The molecule has 1 saturated heterocycles. The molecule has 0 radical (unpaired) electrons. The fraction of sp³-hybridized carbons (Fsp3) is 0.571. The van der Waals surface area contributed by atoms with Crippen LogP contribution in [0.2, 0.25) is 0 Å². The number of rotatable bonds is 4. The van der Waals surface area contributed by atoms with Gasteiger partial charge in [0.25, 0.3) is 0 Å². The minimum absolute atomic E-state index is 0. The Morgan fingerprint density at radius 1 is 1.37 bits per heavy atom. The SMILES string of the molecule is Cc1ccc([C@@H](CCF)N2CCNCC2)c(Br)c1.Cl. The monoisotopic (exact) mass is 350 g/mol. The standard InChI is InChI=1S/C14H20BrFN2.ClH/c1-11-2-3-12(13(15)10-11)14(4-5-16)18-8-6-17-7-9-18;/h2-3,10,14,17H,4-9H2,1H3;1H/t14-;/m1./s1. The molecule has 0 aromatic heterocycles. The van der Waals surface area contributed by atoms with Gasteiger partial charge >= 0.3 is 0 Å². The van der Waals surface area contributed by atoms with Crippen molar-refractivity contribution in [2.75, 3.05) is 32.9 Å². The summed E-state index contributed by atoms with van der Waals surface area (Å²) in [7, 11) is 0. The fourth-order valence-electron chi connectivity index (χ4n) is 2.53. The third kappa shape index (κ3) is 4.42. The van der Waals surface area contributed by atoms with Crippen LogP contribution in [0.1, 0.15) is 23.6 Å². The topological polar surface area (TPSA) is 15.3 Å². The summed E-state index contributed by atoms with van der Waals surface area (Å²) >= 11 is 3.62. The van der Waals surface area contributed by atoms with Crippen molar-refractivity contribution in [3.8, 4) is 0 Å². The summed E-state index contributed by atoms with van der Waals surface area (Å²) in [4.78, 5) is 2.38. The van der Waals surface area contributed by atoms with E-state index < -0.39 is 0 Å². The molecule has 0 saturated carbocycles. The van der Waals surface area contributed by atoms with Crippen LogP contribution < -0.4 is 5.32 Å². The van der Waals surface area contributed by atoms with Gasteiger partial charge in [-0.05, 0) is 30.5 Å². The molecular weight excluding hydrogens is 331 g/mol. The summed E-state index contributed by atoms with van der Waals surface area (Å²) in [5.41, 5.74) is 2.44. The van der Waals surface area contributed by atoms with Crippen LogP contribution in [0.4, 0.5) is 4.39 Å². The molecule has 2 rings (SSSR count). The lowest BCUT2D eigenvalue weighted by molar-refractivity contribution is 0.157. The highest BCUT2D eigenvalue weighted by atomic mass is 79.9. The van der Waals surface area contributed by atoms with Gasteiger partial charge in [-0.3, -0.25) is 9.29 Å². The maximum atomic E-state index is 12.8. The first-order valence-corrected chi connectivity index (χ1v) is 7.28. The Balaban J connectivity index is 0.00000180. The first kappa shape index (κ1) is 16.9. The van der Waals surface area contributed by atoms with E-state index in [-0.39, 0.29) is 25.1 Å². The van der Waals surface area contributed by atoms with Crippen LogP contribution in [-0.2, 0) is 0 Å². The van der Waals surface area contributed by atoms with Crippen LogP contribution in [0.15, 0.2) is 22.7 Å². The quantitative estimate of drug-likeness (QED) is 0.893. The first-order chi connectivity index (χ1) is 8.72. The lowest BCUT2D eigenvalue weighted by atomic mass is 10.0. The molecule has 1 aliphatic rings. The number of nitrogens with one attached hydrogen (secondary N) is 1. The second-order valence-corrected chi connectivity index (χ2v) is 5.66. The Bertz CT molecular complexity index is 397. The summed E-state index contributed by atoms with van der Waals surface area (Å²) in [6.45, 7) is 5.77. The van der Waals surface area contributed by atoms with Gasteiger partial charge in [-0.25, -0.2) is 0 Å². The molecule has 1 aromatic carbocycles. The summed E-state index contributed by atoms with van der Waals surface area (Å²) in [6.07, 6.45) is 0.571. The summed E-state index contributed by atoms with van der Waals surface area (Å²) in [5, 5.41) is 3.34. The fourth-order valence-corrected chi connectivity index (χ4v) is 3.29. The molecule has 1 aliphatic heterocycles. The van der Waals surface area contributed by atoms with Crippen LogP contribution in [0, 0.1) is 6.92 Å². The Hall–Kier alpha value is -0.160. The molecule has 0 amide bonds. The van der Waals surface area contributed by atoms with Crippen molar-refractivity contribution in [3.05, 3.63) is 33.8 Å². The predicted molar refractivity (Wildman–Crippen MR) is 83.9 cm³/mol. The van der Waals surface area contributed by atoms with Crippen LogP contribution in [0.5, 0.6) is 0 Å². The van der Waals surface area contributed by atoms with E-state index in [0.29, 0.717) is 6.42 Å². The Labute approximate surface area is 129 Å². The average Bonchev–Trinajstić information content (AvgIpc) is 2.38. The Morgan fingerprint density at radius 2 is 2.05 bits per heavy atom. The molecule has 0 spiro atoms. The number of hydrogen-bond acceptors (Lipinski definition) is 2. The van der Waals surface area contributed by atoms with Crippen LogP contribution in [0.25, 0.3) is 0 Å². The third-order valence-electron chi connectivity index (χ3n) is 3.49. The van der Waals surface area contributed by atoms with Gasteiger partial charge in [0.05, 0.1) is 6.67 Å². The van der Waals surface area contributed by atoms with Crippen molar-refractivity contribution in [1.82, 2.24) is 10.2 Å². The lowest BCUT2D eigenvalue weighted by Gasteiger charge is -2.35. The van der Waals surface area contributed by atoms with Crippen LogP contribution >= 0.6 is 28.3 Å². The normalized spacial score (nSPS) is 17.8. The molecule has 1 heterocycles. The van der Waals surface area contributed by atoms with Gasteiger partial charge in [-0.2, -0.15) is 0 Å². The van der Waals surface area contributed by atoms with E-state index in [0.717, 1.165) is 30.7 Å². The number of aryl methyl sites for hydroxylation is 1. The molecule has 2 nitrogen and oxygen atoms in total. The molecular formula is C14H21BrClFN2. The number of alkyl halides is 1. The van der Waals surface area contributed by atoms with Gasteiger partial charge < -0.3 is 5.32 Å². The maximum absolute atomic E-state index is 12.8. The van der Waals surface area contributed by atoms with Gasteiger partial charge in [0.15, 0.2) is 0 Å². The number of piperazine rings is 1. The van der Waals surface area contributed by atoms with E-state index in [1.54, 1.807) is 0 Å². The van der Waals surface area contributed by atoms with Gasteiger partial charge in [0.2, 0.25) is 0 Å². The zero-order valence-corrected chi connectivity index (χ0v) is 13.6. The number of benzene rings is 1. The highest BCUT2D eigenvalue weighted by Crippen LogP contribution is 2.31. The van der Waals surface area contributed by atoms with Gasteiger partial charge in [-0.1, -0.05) is 28.1 Å². The van der Waals surface area contributed by atoms with Gasteiger partial charge in [0.1, 0.15) is 0 Å². The molecule has 1 N–H and O–H groups in total. The number of nitrogens with zero attached hydrogens (tertiary/aromatic N) is 1. The van der Waals surface area contributed by atoms with Crippen molar-refractivity contribution < 1.29 is 4.39 Å². The molecule has 1 atom stereocenters. The first-order valence-electron chi connectivity index (χ1n) is 6.49. The van der Waals surface area contributed by atoms with E-state index in [1.165, 1.54) is 11.1 Å². The minimum Gasteiger partial charge on any atom is -0.314 e. The molecule has 1 fully saturated rings. The highest BCUT2D eigenvalue weighted by molar-refractivity contribution is 9.10. The van der Waals surface area contributed by atoms with Crippen molar-refractivity contribution in [1.29, 1.82) is 0 Å². The molecule has 1 aromatic rings. The largest absolute Gasteiger partial charge is 0.314 e. The van der Waals surface area contributed by atoms with Gasteiger partial charge in [0, 0.05) is 36.7 Å². The van der Waals surface area contributed by atoms with Crippen molar-refractivity contribution in [3.63, 3.8) is 0 Å². The van der Waals surface area contributed by atoms with Crippen molar-refractivity contribution >= 4 is 28.3 Å². The zero-order chi connectivity index (χ0) is 13.0. The second-order valence-electron chi connectivity index (χ2n) is 4.80. The summed E-state index contributed by atoms with van der Waals surface area (Å²) < 4.78 is 13.9. The van der Waals surface area contributed by atoms with Crippen molar-refractivity contribution in [2.24, 2.45) is 0 Å².